The fraction of sp³-hybridized carbons (Fsp3) is 0.250. The molecule has 1 aromatic carbocycles. The Morgan fingerprint density at radius 3 is 2.94 bits per heavy atom. The van der Waals surface area contributed by atoms with Crippen molar-refractivity contribution in [3.63, 3.8) is 0 Å². The average molecular weight is 237 g/mol. The molecular weight excluding hydrogens is 224 g/mol. The minimum atomic E-state index is -0.852. The molecule has 17 heavy (non-hydrogen) atoms. The zero-order valence-corrected chi connectivity index (χ0v) is 9.45. The predicted molar refractivity (Wildman–Crippen MR) is 61.6 cm³/mol. The van der Waals surface area contributed by atoms with Crippen LogP contribution in [0.2, 0.25) is 0 Å². The minimum Gasteiger partial charge on any atom is -0.377 e. The van der Waals surface area contributed by atoms with Gasteiger partial charge in [0.15, 0.2) is 11.6 Å². The Bertz CT molecular complexity index is 508. The maximum absolute atomic E-state index is 13.4. The molecule has 0 fully saturated rings. The minimum absolute atomic E-state index is 0.161. The smallest absolute Gasteiger partial charge is 0.181 e. The molecule has 0 aliphatic rings. The Morgan fingerprint density at radius 1 is 1.35 bits per heavy atom. The Morgan fingerprint density at radius 2 is 2.18 bits per heavy atom. The largest absolute Gasteiger partial charge is 0.377 e. The Balaban J connectivity index is 2.10. The molecule has 0 amide bonds. The molecular formula is C12H13F2N3. The van der Waals surface area contributed by atoms with Crippen LogP contribution in [0.4, 0.5) is 14.5 Å². The van der Waals surface area contributed by atoms with E-state index < -0.39 is 11.6 Å². The zero-order valence-electron chi connectivity index (χ0n) is 9.45. The van der Waals surface area contributed by atoms with Crippen molar-refractivity contribution in [2.75, 3.05) is 5.32 Å². The van der Waals surface area contributed by atoms with Crippen LogP contribution in [0.3, 0.4) is 0 Å². The van der Waals surface area contributed by atoms with Crippen molar-refractivity contribution in [3.8, 4) is 0 Å². The van der Waals surface area contributed by atoms with Crippen molar-refractivity contribution < 1.29 is 8.78 Å². The average Bonchev–Trinajstić information content (AvgIpc) is 2.78. The van der Waals surface area contributed by atoms with E-state index in [1.165, 1.54) is 12.1 Å². The summed E-state index contributed by atoms with van der Waals surface area (Å²) in [5.74, 6) is -1.70. The first-order valence-electron chi connectivity index (χ1n) is 5.39. The lowest BCUT2D eigenvalue weighted by atomic mass is 10.3. The monoisotopic (exact) mass is 237 g/mol. The Labute approximate surface area is 98.1 Å². The summed E-state index contributed by atoms with van der Waals surface area (Å²) in [4.78, 5) is 4.00. The van der Waals surface area contributed by atoms with Crippen LogP contribution in [0.15, 0.2) is 30.7 Å². The number of hydrogen-bond acceptors (Lipinski definition) is 2. The summed E-state index contributed by atoms with van der Waals surface area (Å²) in [7, 11) is 0. The standard InChI is InChI=1S/C12H13F2N3/c1-2-17-8-15-6-9(17)7-16-11-5-3-4-10(13)12(11)14/h3-6,8,16H,2,7H2,1H3. The van der Waals surface area contributed by atoms with Gasteiger partial charge >= 0.3 is 0 Å². The molecule has 0 atom stereocenters. The van der Waals surface area contributed by atoms with Crippen LogP contribution in [-0.4, -0.2) is 9.55 Å². The molecule has 0 aliphatic heterocycles. The summed E-state index contributed by atoms with van der Waals surface area (Å²) < 4.78 is 28.2. The second kappa shape index (κ2) is 4.95. The molecule has 1 N–H and O–H groups in total. The molecule has 1 aromatic heterocycles. The van der Waals surface area contributed by atoms with Gasteiger partial charge in [0, 0.05) is 12.7 Å². The number of imidazole rings is 1. The molecule has 0 radical (unpaired) electrons. The summed E-state index contributed by atoms with van der Waals surface area (Å²) in [5, 5.41) is 2.86. The number of aryl methyl sites for hydroxylation is 1. The number of benzene rings is 1. The molecule has 1 heterocycles. The lowest BCUT2D eigenvalue weighted by Gasteiger charge is -2.09. The third-order valence-corrected chi connectivity index (χ3v) is 2.55. The number of halogens is 2. The van der Waals surface area contributed by atoms with Gasteiger partial charge in [0.05, 0.1) is 24.3 Å². The maximum atomic E-state index is 13.4. The fourth-order valence-corrected chi connectivity index (χ4v) is 1.61. The van der Waals surface area contributed by atoms with Crippen LogP contribution in [0.25, 0.3) is 0 Å². The Hall–Kier alpha value is -1.91. The van der Waals surface area contributed by atoms with Gasteiger partial charge in [0.1, 0.15) is 0 Å². The number of rotatable bonds is 4. The van der Waals surface area contributed by atoms with Gasteiger partial charge in [-0.3, -0.25) is 0 Å². The SMILES string of the molecule is CCn1cncc1CNc1cccc(F)c1F. The lowest BCUT2D eigenvalue weighted by molar-refractivity contribution is 0.511. The second-order valence-electron chi connectivity index (χ2n) is 3.63. The first kappa shape index (κ1) is 11.6. The summed E-state index contributed by atoms with van der Waals surface area (Å²) in [6.45, 7) is 3.20. The van der Waals surface area contributed by atoms with Gasteiger partial charge in [0.2, 0.25) is 0 Å². The third kappa shape index (κ3) is 2.43. The molecule has 0 unspecified atom stereocenters. The molecule has 2 rings (SSSR count). The zero-order chi connectivity index (χ0) is 12.3. The van der Waals surface area contributed by atoms with E-state index >= 15 is 0 Å². The van der Waals surface area contributed by atoms with Crippen LogP contribution in [-0.2, 0) is 13.1 Å². The highest BCUT2D eigenvalue weighted by Gasteiger charge is 2.07. The molecule has 0 spiro atoms. The molecule has 0 saturated carbocycles. The van der Waals surface area contributed by atoms with Gasteiger partial charge in [-0.15, -0.1) is 0 Å². The number of anilines is 1. The summed E-state index contributed by atoms with van der Waals surface area (Å²) >= 11 is 0. The van der Waals surface area contributed by atoms with Gasteiger partial charge in [-0.05, 0) is 19.1 Å². The highest BCUT2D eigenvalue weighted by molar-refractivity contribution is 5.45. The normalized spacial score (nSPS) is 10.5. The number of hydrogen-bond donors (Lipinski definition) is 1. The predicted octanol–water partition coefficient (Wildman–Crippen LogP) is 2.79. The van der Waals surface area contributed by atoms with E-state index in [1.54, 1.807) is 12.5 Å². The van der Waals surface area contributed by atoms with Crippen molar-refractivity contribution in [3.05, 3.63) is 48.1 Å². The summed E-state index contributed by atoms with van der Waals surface area (Å²) in [6, 6.07) is 4.07. The molecule has 3 nitrogen and oxygen atoms in total. The van der Waals surface area contributed by atoms with Gasteiger partial charge in [0.25, 0.3) is 0 Å². The quantitative estimate of drug-likeness (QED) is 0.886. The third-order valence-electron chi connectivity index (χ3n) is 2.55. The van der Waals surface area contributed by atoms with Crippen LogP contribution in [0.5, 0.6) is 0 Å². The van der Waals surface area contributed by atoms with Crippen molar-refractivity contribution in [2.24, 2.45) is 0 Å². The number of nitrogens with zero attached hydrogens (tertiary/aromatic N) is 2. The van der Waals surface area contributed by atoms with Crippen molar-refractivity contribution in [1.29, 1.82) is 0 Å². The van der Waals surface area contributed by atoms with Gasteiger partial charge in [-0.2, -0.15) is 0 Å². The van der Waals surface area contributed by atoms with Gasteiger partial charge < -0.3 is 9.88 Å². The van der Waals surface area contributed by atoms with Crippen LogP contribution >= 0.6 is 0 Å². The number of nitrogens with one attached hydrogen (secondary N) is 1. The van der Waals surface area contributed by atoms with E-state index in [4.69, 9.17) is 0 Å². The van der Waals surface area contributed by atoms with E-state index in [1.807, 2.05) is 11.5 Å². The van der Waals surface area contributed by atoms with Crippen molar-refractivity contribution in [2.45, 2.75) is 20.0 Å². The second-order valence-corrected chi connectivity index (χ2v) is 3.63. The molecule has 5 heteroatoms. The first-order chi connectivity index (χ1) is 8.22. The van der Waals surface area contributed by atoms with E-state index in [0.29, 0.717) is 6.54 Å². The van der Waals surface area contributed by atoms with E-state index in [9.17, 15) is 8.78 Å². The van der Waals surface area contributed by atoms with E-state index in [-0.39, 0.29) is 5.69 Å². The van der Waals surface area contributed by atoms with Crippen LogP contribution < -0.4 is 5.32 Å². The molecule has 0 saturated heterocycles. The first-order valence-corrected chi connectivity index (χ1v) is 5.39. The molecule has 2 aromatic rings. The van der Waals surface area contributed by atoms with Crippen molar-refractivity contribution >= 4 is 5.69 Å². The molecule has 0 aliphatic carbocycles. The van der Waals surface area contributed by atoms with Crippen LogP contribution in [0.1, 0.15) is 12.6 Å². The van der Waals surface area contributed by atoms with Gasteiger partial charge in [-0.1, -0.05) is 6.07 Å². The Kier molecular flexibility index (Phi) is 3.37. The summed E-state index contributed by atoms with van der Waals surface area (Å²) in [6.07, 6.45) is 3.41. The highest BCUT2D eigenvalue weighted by Crippen LogP contribution is 2.17. The fourth-order valence-electron chi connectivity index (χ4n) is 1.61. The molecule has 0 bridgehead atoms. The maximum Gasteiger partial charge on any atom is 0.181 e. The highest BCUT2D eigenvalue weighted by atomic mass is 19.2. The molecule has 90 valence electrons. The topological polar surface area (TPSA) is 29.9 Å². The lowest BCUT2D eigenvalue weighted by Crippen LogP contribution is -2.07. The van der Waals surface area contributed by atoms with E-state index in [0.717, 1.165) is 18.3 Å². The summed E-state index contributed by atoms with van der Waals surface area (Å²) in [5.41, 5.74) is 1.09. The number of aromatic nitrogens is 2. The van der Waals surface area contributed by atoms with Crippen LogP contribution in [0, 0.1) is 11.6 Å². The van der Waals surface area contributed by atoms with Crippen molar-refractivity contribution in [1.82, 2.24) is 9.55 Å². The van der Waals surface area contributed by atoms with E-state index in [2.05, 4.69) is 10.3 Å². The van der Waals surface area contributed by atoms with Gasteiger partial charge in [-0.25, -0.2) is 13.8 Å².